The van der Waals surface area contributed by atoms with E-state index in [1.807, 2.05) is 19.2 Å². The van der Waals surface area contributed by atoms with Gasteiger partial charge in [-0.25, -0.2) is 0 Å². The number of rotatable bonds is 0. The van der Waals surface area contributed by atoms with Crippen molar-refractivity contribution >= 4 is 4.04 Å². The van der Waals surface area contributed by atoms with Gasteiger partial charge in [0, 0.05) is 0 Å². The quantitative estimate of drug-likeness (QED) is 0.291. The Kier molecular flexibility index (Phi) is 2.50. The molecule has 0 spiro atoms. The molecule has 0 saturated carbocycles. The topological polar surface area (TPSA) is 0 Å². The van der Waals surface area contributed by atoms with Gasteiger partial charge in [-0.1, -0.05) is 0 Å². The first-order valence-corrected chi connectivity index (χ1v) is 3.38. The minimum absolute atomic E-state index is 1.02. The second-order valence-electron chi connectivity index (χ2n) is 1.85. The molecule has 6 heteroatoms. The average molecular weight is 273 g/mol. The Bertz CT molecular complexity index is 230. The van der Waals surface area contributed by atoms with Gasteiger partial charge in [-0.05, 0) is 0 Å². The van der Waals surface area contributed by atoms with E-state index < -0.39 is 33.1 Å². The van der Waals surface area contributed by atoms with Crippen molar-refractivity contribution in [3.8, 4) is 0 Å². The molecule has 0 aliphatic carbocycles. The van der Waals surface area contributed by atoms with E-state index >= 15 is 0 Å². The van der Waals surface area contributed by atoms with Gasteiger partial charge in [0.25, 0.3) is 0 Å². The van der Waals surface area contributed by atoms with Crippen molar-refractivity contribution in [3.63, 3.8) is 0 Å². The van der Waals surface area contributed by atoms with Gasteiger partial charge in [-0.3, -0.25) is 0 Å². The van der Waals surface area contributed by atoms with Crippen LogP contribution in [0.1, 0.15) is 0 Å². The van der Waals surface area contributed by atoms with Crippen molar-refractivity contribution in [2.24, 2.45) is 0 Å². The average Bonchev–Trinajstić information content (AvgIpc) is 2.08. The van der Waals surface area contributed by atoms with Crippen LogP contribution in [0.5, 0.6) is 0 Å². The van der Waals surface area contributed by atoms with Gasteiger partial charge in [-0.2, -0.15) is 0 Å². The Labute approximate surface area is 74.8 Å². The molecule has 0 unspecified atom stereocenters. The molecule has 0 radical (unpaired) electrons. The molecule has 0 amide bonds. The Morgan fingerprint density at radius 1 is 0.583 bits per heavy atom. The van der Waals surface area contributed by atoms with Gasteiger partial charge in [0.1, 0.15) is 0 Å². The summed E-state index contributed by atoms with van der Waals surface area (Å²) >= 11 is 1.94. The van der Waals surface area contributed by atoms with Crippen LogP contribution in [0.3, 0.4) is 0 Å². The third-order valence-corrected chi connectivity index (χ3v) is 1.81. The Morgan fingerprint density at radius 3 is 1.17 bits per heavy atom. The van der Waals surface area contributed by atoms with Gasteiger partial charge in [0.15, 0.2) is 0 Å². The molecule has 0 atom stereocenters. The predicted octanol–water partition coefficient (Wildman–Crippen LogP) is 1.55. The van der Waals surface area contributed by atoms with Crippen molar-refractivity contribution in [2.75, 3.05) is 0 Å². The zero-order valence-corrected chi connectivity index (χ0v) is 6.76. The molecule has 1 aromatic carbocycles. The summed E-state index contributed by atoms with van der Waals surface area (Å²) in [6.45, 7) is 0. The van der Waals surface area contributed by atoms with Crippen molar-refractivity contribution in [1.29, 1.82) is 0 Å². The summed E-state index contributed by atoms with van der Waals surface area (Å²) in [5.74, 6) is -9.75. The van der Waals surface area contributed by atoms with Crippen LogP contribution in [-0.4, -0.2) is 0 Å². The molecule has 69 valence electrons. The van der Waals surface area contributed by atoms with Crippen LogP contribution < -0.4 is 4.04 Å². The van der Waals surface area contributed by atoms with E-state index in [1.165, 1.54) is 0 Å². The van der Waals surface area contributed by atoms with Crippen LogP contribution in [0, 0.1) is 29.1 Å². The molecule has 0 aliphatic heterocycles. The Hall–Kier alpha value is -0.468. The summed E-state index contributed by atoms with van der Waals surface area (Å²) < 4.78 is 60.4. The van der Waals surface area contributed by atoms with E-state index in [2.05, 4.69) is 0 Å². The monoisotopic (exact) mass is 273 g/mol. The number of hydrogen-bond donors (Lipinski definition) is 0. The third-order valence-electron chi connectivity index (χ3n) is 1.13. The molecule has 0 nitrogen and oxygen atoms in total. The number of halogens is 5. The van der Waals surface area contributed by atoms with Crippen LogP contribution in [0.2, 0.25) is 0 Å². The van der Waals surface area contributed by atoms with Crippen molar-refractivity contribution in [2.45, 2.75) is 0 Å². The van der Waals surface area contributed by atoms with Crippen molar-refractivity contribution in [1.82, 2.24) is 0 Å². The molecule has 0 saturated heterocycles. The van der Waals surface area contributed by atoms with Crippen LogP contribution in [0.4, 0.5) is 22.0 Å². The summed E-state index contributed by atoms with van der Waals surface area (Å²) in [5.41, 5.74) is 0. The van der Waals surface area contributed by atoms with Gasteiger partial charge >= 0.3 is 74.3 Å². The fourth-order valence-electron chi connectivity index (χ4n) is 0.565. The molecule has 12 heavy (non-hydrogen) atoms. The van der Waals surface area contributed by atoms with E-state index in [9.17, 15) is 22.0 Å². The van der Waals surface area contributed by atoms with Crippen LogP contribution >= 0.6 is 0 Å². The summed E-state index contributed by atoms with van der Waals surface area (Å²) in [5, 5.41) is 0. The van der Waals surface area contributed by atoms with Gasteiger partial charge in [-0.15, -0.1) is 0 Å². The normalized spacial score (nSPS) is 10.6. The fraction of sp³-hybridized carbons (Fsp3) is 0. The summed E-state index contributed by atoms with van der Waals surface area (Å²) in [6, 6.07) is 0. The zero-order valence-electron chi connectivity index (χ0n) is 5.21. The molecule has 0 N–H and O–H groups in total. The predicted molar refractivity (Wildman–Crippen MR) is 25.9 cm³/mol. The second kappa shape index (κ2) is 3.11. The standard InChI is InChI=1S/C6F5.Pd/c7-2-1-3(8)5(10)6(11)4(2)9;. The molecule has 0 fully saturated rings. The van der Waals surface area contributed by atoms with E-state index in [0.717, 1.165) is 0 Å². The molecular formula is C6F5Pd. The first-order valence-electron chi connectivity index (χ1n) is 2.60. The van der Waals surface area contributed by atoms with Gasteiger partial charge in [0.2, 0.25) is 0 Å². The van der Waals surface area contributed by atoms with Gasteiger partial charge in [0.05, 0.1) is 0 Å². The van der Waals surface area contributed by atoms with Crippen LogP contribution in [0.15, 0.2) is 0 Å². The van der Waals surface area contributed by atoms with Crippen molar-refractivity contribution in [3.05, 3.63) is 29.1 Å². The number of hydrogen-bond acceptors (Lipinski definition) is 0. The first-order chi connectivity index (χ1) is 5.46. The fourth-order valence-corrected chi connectivity index (χ4v) is 0.906. The summed E-state index contributed by atoms with van der Waals surface area (Å²) in [6.07, 6.45) is 0. The maximum atomic E-state index is 12.4. The SMILES string of the molecule is Fc1c(F)c(F)[c]([Pd])c(F)c1F. The maximum absolute atomic E-state index is 12.4. The molecule has 0 heterocycles. The van der Waals surface area contributed by atoms with E-state index in [1.54, 1.807) is 0 Å². The van der Waals surface area contributed by atoms with Crippen molar-refractivity contribution < 1.29 is 41.2 Å². The van der Waals surface area contributed by atoms with Gasteiger partial charge < -0.3 is 0 Å². The molecular weight excluding hydrogens is 273 g/mol. The Morgan fingerprint density at radius 2 is 0.833 bits per heavy atom. The zero-order chi connectivity index (χ0) is 9.46. The molecule has 0 bridgehead atoms. The first kappa shape index (κ1) is 9.62. The third kappa shape index (κ3) is 1.25. The molecule has 1 aromatic rings. The van der Waals surface area contributed by atoms with Crippen LogP contribution in [0.25, 0.3) is 0 Å². The second-order valence-corrected chi connectivity index (χ2v) is 2.63. The summed E-state index contributed by atoms with van der Waals surface area (Å²) in [7, 11) is 0. The van der Waals surface area contributed by atoms with E-state index in [0.29, 0.717) is 0 Å². The minimum atomic E-state index is -2.15. The molecule has 0 aromatic heterocycles. The number of benzene rings is 1. The van der Waals surface area contributed by atoms with Crippen LogP contribution in [-0.2, 0) is 19.2 Å². The van der Waals surface area contributed by atoms with E-state index in [-0.39, 0.29) is 0 Å². The molecule has 1 rings (SSSR count). The molecule has 0 aliphatic rings. The van der Waals surface area contributed by atoms with E-state index in [4.69, 9.17) is 0 Å². The summed E-state index contributed by atoms with van der Waals surface area (Å²) in [4.78, 5) is 0. The Balaban J connectivity index is 3.60.